The third-order valence-corrected chi connectivity index (χ3v) is 5.40. The van der Waals surface area contributed by atoms with Gasteiger partial charge in [-0.1, -0.05) is 12.1 Å². The zero-order valence-electron chi connectivity index (χ0n) is 19.6. The van der Waals surface area contributed by atoms with E-state index in [1.165, 1.54) is 25.3 Å². The molecule has 0 radical (unpaired) electrons. The highest BCUT2D eigenvalue weighted by molar-refractivity contribution is 6.05. The lowest BCUT2D eigenvalue weighted by Crippen LogP contribution is -2.17. The van der Waals surface area contributed by atoms with Gasteiger partial charge in [-0.05, 0) is 60.5 Å². The van der Waals surface area contributed by atoms with Crippen LogP contribution in [0.1, 0.15) is 12.5 Å². The number of hydrogen-bond acceptors (Lipinski definition) is 5. The number of hydrogen-bond donors (Lipinski definition) is 1. The maximum Gasteiger partial charge on any atom is 0.573 e. The van der Waals surface area contributed by atoms with E-state index in [1.54, 1.807) is 26.4 Å². The first kappa shape index (κ1) is 24.7. The second-order valence-corrected chi connectivity index (χ2v) is 7.82. The van der Waals surface area contributed by atoms with Crippen LogP contribution in [-0.2, 0) is 4.79 Å². The number of amides is 1. The Morgan fingerprint density at radius 1 is 0.972 bits per heavy atom. The second kappa shape index (κ2) is 10.1. The highest BCUT2D eigenvalue weighted by Gasteiger charge is 2.31. The molecule has 0 aliphatic rings. The zero-order valence-corrected chi connectivity index (χ0v) is 19.6. The number of benzene rings is 3. The summed E-state index contributed by atoms with van der Waals surface area (Å²) in [4.78, 5) is 12.6. The van der Waals surface area contributed by atoms with Gasteiger partial charge in [0.25, 0.3) is 0 Å². The van der Waals surface area contributed by atoms with E-state index < -0.39 is 12.3 Å². The molecule has 1 heterocycles. The van der Waals surface area contributed by atoms with Gasteiger partial charge in [-0.15, -0.1) is 13.2 Å². The van der Waals surface area contributed by atoms with Crippen molar-refractivity contribution in [1.29, 1.82) is 0 Å². The van der Waals surface area contributed by atoms with Crippen LogP contribution < -0.4 is 19.5 Å². The molecule has 3 aromatic carbocycles. The lowest BCUT2D eigenvalue weighted by molar-refractivity contribution is -0.274. The normalized spacial score (nSPS) is 11.9. The minimum Gasteiger partial charge on any atom is -0.497 e. The number of anilines is 1. The fourth-order valence-corrected chi connectivity index (χ4v) is 3.74. The lowest BCUT2D eigenvalue weighted by Gasteiger charge is -2.11. The smallest absolute Gasteiger partial charge is 0.497 e. The highest BCUT2D eigenvalue weighted by Crippen LogP contribution is 2.38. The fraction of sp³-hybridized carbons (Fsp3) is 0.148. The average molecular weight is 497 g/mol. The SMILES string of the molecule is COc1cccc(-c2coc3cc(OC)c(/C(C)=C/C(=O)Nc4ccc(OC(F)(F)F)cc4)cc23)c1. The summed E-state index contributed by atoms with van der Waals surface area (Å²) in [5.41, 5.74) is 3.98. The molecule has 0 saturated heterocycles. The van der Waals surface area contributed by atoms with Crippen molar-refractivity contribution < 1.29 is 36.6 Å². The van der Waals surface area contributed by atoms with Crippen LogP contribution in [0.4, 0.5) is 18.9 Å². The van der Waals surface area contributed by atoms with Crippen molar-refractivity contribution in [2.24, 2.45) is 0 Å². The molecule has 0 saturated carbocycles. The van der Waals surface area contributed by atoms with E-state index in [4.69, 9.17) is 13.9 Å². The molecular formula is C27H22F3NO5. The first-order chi connectivity index (χ1) is 17.2. The maximum absolute atomic E-state index is 12.6. The molecule has 9 heteroatoms. The summed E-state index contributed by atoms with van der Waals surface area (Å²) in [5, 5.41) is 3.45. The summed E-state index contributed by atoms with van der Waals surface area (Å²) in [7, 11) is 3.12. The third-order valence-electron chi connectivity index (χ3n) is 5.40. The number of furan rings is 1. The molecule has 0 fully saturated rings. The van der Waals surface area contributed by atoms with Crippen LogP contribution >= 0.6 is 0 Å². The quantitative estimate of drug-likeness (QED) is 0.277. The molecule has 4 aromatic rings. The average Bonchev–Trinajstić information content (AvgIpc) is 3.26. The molecule has 4 rings (SSSR count). The molecule has 1 amide bonds. The van der Waals surface area contributed by atoms with Gasteiger partial charge in [0.05, 0.1) is 20.5 Å². The number of nitrogens with one attached hydrogen (secondary N) is 1. The van der Waals surface area contributed by atoms with Gasteiger partial charge in [-0.25, -0.2) is 0 Å². The number of fused-ring (bicyclic) bond motifs is 1. The highest BCUT2D eigenvalue weighted by atomic mass is 19.4. The van der Waals surface area contributed by atoms with Crippen molar-refractivity contribution in [2.75, 3.05) is 19.5 Å². The summed E-state index contributed by atoms with van der Waals surface area (Å²) in [6, 6.07) is 16.1. The number of carbonyl (C=O) groups excluding carboxylic acids is 1. The van der Waals surface area contributed by atoms with E-state index in [9.17, 15) is 18.0 Å². The van der Waals surface area contributed by atoms with Gasteiger partial charge in [0, 0.05) is 34.3 Å². The molecule has 0 aliphatic heterocycles. The molecule has 0 spiro atoms. The fourth-order valence-electron chi connectivity index (χ4n) is 3.74. The Balaban J connectivity index is 1.61. The summed E-state index contributed by atoms with van der Waals surface area (Å²) in [6.45, 7) is 1.76. The zero-order chi connectivity index (χ0) is 25.9. The van der Waals surface area contributed by atoms with Crippen molar-refractivity contribution in [1.82, 2.24) is 0 Å². The van der Waals surface area contributed by atoms with Crippen molar-refractivity contribution in [2.45, 2.75) is 13.3 Å². The van der Waals surface area contributed by atoms with Gasteiger partial charge < -0.3 is 23.9 Å². The first-order valence-electron chi connectivity index (χ1n) is 10.8. The summed E-state index contributed by atoms with van der Waals surface area (Å²) in [5.74, 6) is 0.391. The molecule has 0 aliphatic carbocycles. The van der Waals surface area contributed by atoms with E-state index in [0.29, 0.717) is 33.9 Å². The van der Waals surface area contributed by atoms with Crippen molar-refractivity contribution in [3.05, 3.63) is 78.6 Å². The lowest BCUT2D eigenvalue weighted by atomic mass is 9.99. The molecule has 36 heavy (non-hydrogen) atoms. The third kappa shape index (κ3) is 5.63. The second-order valence-electron chi connectivity index (χ2n) is 7.82. The molecular weight excluding hydrogens is 475 g/mol. The molecule has 0 unspecified atom stereocenters. The van der Waals surface area contributed by atoms with Gasteiger partial charge in [-0.2, -0.15) is 0 Å². The number of allylic oxidation sites excluding steroid dienone is 1. The molecule has 186 valence electrons. The molecule has 6 nitrogen and oxygen atoms in total. The van der Waals surface area contributed by atoms with E-state index in [1.807, 2.05) is 30.3 Å². The van der Waals surface area contributed by atoms with Crippen LogP contribution in [0.5, 0.6) is 17.2 Å². The van der Waals surface area contributed by atoms with Gasteiger partial charge in [0.2, 0.25) is 5.91 Å². The molecule has 0 atom stereocenters. The van der Waals surface area contributed by atoms with E-state index in [2.05, 4.69) is 10.1 Å². The van der Waals surface area contributed by atoms with Crippen LogP contribution in [0.25, 0.3) is 27.7 Å². The Morgan fingerprint density at radius 3 is 2.39 bits per heavy atom. The van der Waals surface area contributed by atoms with E-state index in [-0.39, 0.29) is 5.75 Å². The van der Waals surface area contributed by atoms with Crippen LogP contribution in [0.15, 0.2) is 77.4 Å². The maximum atomic E-state index is 12.6. The number of alkyl halides is 3. The minimum atomic E-state index is -4.79. The van der Waals surface area contributed by atoms with E-state index >= 15 is 0 Å². The predicted molar refractivity (Wildman–Crippen MR) is 130 cm³/mol. The topological polar surface area (TPSA) is 69.9 Å². The summed E-state index contributed by atoms with van der Waals surface area (Å²) in [6.07, 6.45) is -1.75. The Kier molecular flexibility index (Phi) is 6.91. The molecule has 0 bridgehead atoms. The van der Waals surface area contributed by atoms with Crippen molar-refractivity contribution in [3.63, 3.8) is 0 Å². The van der Waals surface area contributed by atoms with Crippen LogP contribution in [0, 0.1) is 0 Å². The van der Waals surface area contributed by atoms with E-state index in [0.717, 1.165) is 28.6 Å². The van der Waals surface area contributed by atoms with Gasteiger partial charge in [0.15, 0.2) is 0 Å². The Labute approximate surface area is 204 Å². The van der Waals surface area contributed by atoms with Crippen LogP contribution in [0.2, 0.25) is 0 Å². The van der Waals surface area contributed by atoms with Gasteiger partial charge in [0.1, 0.15) is 22.8 Å². The Hall–Kier alpha value is -4.40. The summed E-state index contributed by atoms with van der Waals surface area (Å²) >= 11 is 0. The number of carbonyl (C=O) groups is 1. The number of halogens is 3. The Bertz CT molecular complexity index is 1420. The number of rotatable bonds is 7. The van der Waals surface area contributed by atoms with Crippen LogP contribution in [0.3, 0.4) is 0 Å². The first-order valence-corrected chi connectivity index (χ1v) is 10.8. The van der Waals surface area contributed by atoms with Gasteiger partial charge in [-0.3, -0.25) is 4.79 Å². The predicted octanol–water partition coefficient (Wildman–Crippen LogP) is 7.06. The molecule has 1 aromatic heterocycles. The van der Waals surface area contributed by atoms with Crippen molar-refractivity contribution >= 4 is 28.1 Å². The van der Waals surface area contributed by atoms with Gasteiger partial charge >= 0.3 is 6.36 Å². The largest absolute Gasteiger partial charge is 0.573 e. The van der Waals surface area contributed by atoms with Crippen molar-refractivity contribution in [3.8, 4) is 28.4 Å². The minimum absolute atomic E-state index is 0.316. The number of methoxy groups -OCH3 is 2. The Morgan fingerprint density at radius 2 is 1.72 bits per heavy atom. The molecule has 1 N–H and O–H groups in total. The summed E-state index contributed by atoms with van der Waals surface area (Å²) < 4.78 is 57.4. The number of ether oxygens (including phenoxy) is 3. The van der Waals surface area contributed by atoms with Crippen LogP contribution in [-0.4, -0.2) is 26.5 Å². The standard InChI is InChI=1S/C27H22F3NO5/c1-16(11-26(32)31-18-7-9-19(10-8-18)36-27(28,29)30)21-13-22-23(15-35-25(22)14-24(21)34-3)17-5-4-6-20(12-17)33-2/h4-15H,1-3H3,(H,31,32)/b16-11+. The monoisotopic (exact) mass is 497 g/mol.